The van der Waals surface area contributed by atoms with E-state index in [0.717, 1.165) is 11.8 Å². The number of hydrogen-bond acceptors (Lipinski definition) is 2. The van der Waals surface area contributed by atoms with Crippen molar-refractivity contribution >= 4 is 12.1 Å². The Labute approximate surface area is 71.2 Å². The van der Waals surface area contributed by atoms with E-state index in [1.807, 2.05) is 6.07 Å². The Morgan fingerprint density at radius 3 is 2.67 bits per heavy atom. The maximum atomic E-state index is 11.0. The second kappa shape index (κ2) is 3.81. The monoisotopic (exact) mass is 162 g/mol. The van der Waals surface area contributed by atoms with Gasteiger partial charge in [-0.1, -0.05) is 24.3 Å². The van der Waals surface area contributed by atoms with Gasteiger partial charge in [-0.3, -0.25) is 4.79 Å². The molecule has 0 atom stereocenters. The molecule has 62 valence electrons. The third kappa shape index (κ3) is 1.78. The topological polar surface area (TPSA) is 34.1 Å². The largest absolute Gasteiger partial charge is 0.303 e. The highest BCUT2D eigenvalue weighted by molar-refractivity contribution is 5.96. The summed E-state index contributed by atoms with van der Waals surface area (Å²) in [6, 6.07) is 7.16. The summed E-state index contributed by atoms with van der Waals surface area (Å²) in [5.41, 5.74) is 1.45. The van der Waals surface area contributed by atoms with Crippen LogP contribution in [0, 0.1) is 0 Å². The van der Waals surface area contributed by atoms with Crippen LogP contribution in [0.15, 0.2) is 24.3 Å². The molecule has 0 N–H and O–H groups in total. The van der Waals surface area contributed by atoms with Crippen LogP contribution in [0.4, 0.5) is 0 Å². The van der Waals surface area contributed by atoms with E-state index in [-0.39, 0.29) is 5.78 Å². The van der Waals surface area contributed by atoms with Crippen LogP contribution in [0.5, 0.6) is 0 Å². The summed E-state index contributed by atoms with van der Waals surface area (Å²) >= 11 is 0. The summed E-state index contributed by atoms with van der Waals surface area (Å²) in [6.07, 6.45) is 1.12. The minimum Gasteiger partial charge on any atom is -0.303 e. The smallest absolute Gasteiger partial charge is 0.160 e. The van der Waals surface area contributed by atoms with E-state index in [1.54, 1.807) is 18.2 Å². The van der Waals surface area contributed by atoms with Gasteiger partial charge in [-0.25, -0.2) is 0 Å². The van der Waals surface area contributed by atoms with Gasteiger partial charge in [-0.2, -0.15) is 0 Å². The number of Topliss-reactive ketones (excluding diaryl/α,β-unsaturated/α-hetero) is 1. The van der Waals surface area contributed by atoms with Gasteiger partial charge >= 0.3 is 0 Å². The van der Waals surface area contributed by atoms with Gasteiger partial charge < -0.3 is 4.79 Å². The van der Waals surface area contributed by atoms with Crippen molar-refractivity contribution in [1.82, 2.24) is 0 Å². The molecule has 1 aromatic carbocycles. The zero-order valence-electron chi connectivity index (χ0n) is 6.91. The molecule has 0 spiro atoms. The Kier molecular flexibility index (Phi) is 2.75. The normalized spacial score (nSPS) is 9.42. The minimum absolute atomic E-state index is 0.00690. The number of aldehydes is 1. The molecule has 0 saturated heterocycles. The fourth-order valence-electron chi connectivity index (χ4n) is 1.13. The number of carbonyl (C=O) groups is 2. The molecule has 1 rings (SSSR count). The van der Waals surface area contributed by atoms with Gasteiger partial charge in [0, 0.05) is 12.0 Å². The summed E-state index contributed by atoms with van der Waals surface area (Å²) in [7, 11) is 0. The third-order valence-electron chi connectivity index (χ3n) is 1.70. The average molecular weight is 162 g/mol. The molecule has 0 aromatic heterocycles. The molecule has 2 heteroatoms. The summed E-state index contributed by atoms with van der Waals surface area (Å²) < 4.78 is 0. The molecule has 0 aliphatic carbocycles. The van der Waals surface area contributed by atoms with Gasteiger partial charge in [0.2, 0.25) is 0 Å². The van der Waals surface area contributed by atoms with Crippen molar-refractivity contribution in [2.24, 2.45) is 0 Å². The third-order valence-corrected chi connectivity index (χ3v) is 1.70. The Bertz CT molecular complexity index is 302. The molecule has 0 unspecified atom stereocenters. The summed E-state index contributed by atoms with van der Waals surface area (Å²) in [6.45, 7) is 1.50. The van der Waals surface area contributed by atoms with E-state index >= 15 is 0 Å². The highest BCUT2D eigenvalue weighted by Gasteiger charge is 2.04. The van der Waals surface area contributed by atoms with Crippen molar-refractivity contribution in [2.45, 2.75) is 13.3 Å². The van der Waals surface area contributed by atoms with Crippen molar-refractivity contribution in [3.05, 3.63) is 35.4 Å². The lowest BCUT2D eigenvalue weighted by molar-refractivity contribution is -0.107. The molecular formula is C10H10O2. The van der Waals surface area contributed by atoms with Crippen molar-refractivity contribution in [2.75, 3.05) is 0 Å². The van der Waals surface area contributed by atoms with Crippen LogP contribution >= 0.6 is 0 Å². The Morgan fingerprint density at radius 1 is 1.42 bits per heavy atom. The van der Waals surface area contributed by atoms with Crippen molar-refractivity contribution < 1.29 is 9.59 Å². The molecule has 0 aliphatic heterocycles. The lowest BCUT2D eigenvalue weighted by atomic mass is 10.0. The van der Waals surface area contributed by atoms with Crippen LogP contribution in [0.25, 0.3) is 0 Å². The first-order valence-corrected chi connectivity index (χ1v) is 3.78. The summed E-state index contributed by atoms with van der Waals surface area (Å²) in [5, 5.41) is 0. The zero-order valence-corrected chi connectivity index (χ0v) is 6.91. The minimum atomic E-state index is 0.00690. The lowest BCUT2D eigenvalue weighted by Gasteiger charge is -2.01. The van der Waals surface area contributed by atoms with E-state index < -0.39 is 0 Å². The molecule has 1 aromatic rings. The molecule has 0 heterocycles. The number of carbonyl (C=O) groups excluding carboxylic acids is 2. The van der Waals surface area contributed by atoms with Crippen LogP contribution in [-0.2, 0) is 11.2 Å². The number of ketones is 1. The fraction of sp³-hybridized carbons (Fsp3) is 0.200. The molecule has 0 aliphatic rings. The van der Waals surface area contributed by atoms with Crippen LogP contribution in [0.3, 0.4) is 0 Å². The molecule has 0 amide bonds. The highest BCUT2D eigenvalue weighted by atomic mass is 16.1. The molecule has 0 fully saturated rings. The van der Waals surface area contributed by atoms with Crippen molar-refractivity contribution in [1.29, 1.82) is 0 Å². The van der Waals surface area contributed by atoms with Crippen LogP contribution in [-0.4, -0.2) is 12.1 Å². The fourth-order valence-corrected chi connectivity index (χ4v) is 1.13. The molecular weight excluding hydrogens is 152 g/mol. The zero-order chi connectivity index (χ0) is 8.97. The first-order valence-electron chi connectivity index (χ1n) is 3.78. The van der Waals surface area contributed by atoms with Gasteiger partial charge in [0.25, 0.3) is 0 Å². The quantitative estimate of drug-likeness (QED) is 0.500. The van der Waals surface area contributed by atoms with Gasteiger partial charge in [0.05, 0.1) is 0 Å². The standard InChI is InChI=1S/C10H10O2/c1-8(12)10-5-3-2-4-9(10)6-7-11/h2-5,7H,6H2,1H3. The highest BCUT2D eigenvalue weighted by Crippen LogP contribution is 2.08. The Morgan fingerprint density at radius 2 is 2.08 bits per heavy atom. The average Bonchev–Trinajstić information content (AvgIpc) is 2.05. The maximum Gasteiger partial charge on any atom is 0.160 e. The van der Waals surface area contributed by atoms with Crippen LogP contribution < -0.4 is 0 Å². The van der Waals surface area contributed by atoms with E-state index in [2.05, 4.69) is 0 Å². The Balaban J connectivity index is 3.07. The van der Waals surface area contributed by atoms with Gasteiger partial charge in [-0.15, -0.1) is 0 Å². The van der Waals surface area contributed by atoms with E-state index in [9.17, 15) is 9.59 Å². The molecule has 12 heavy (non-hydrogen) atoms. The van der Waals surface area contributed by atoms with Gasteiger partial charge in [-0.05, 0) is 12.5 Å². The van der Waals surface area contributed by atoms with Crippen molar-refractivity contribution in [3.8, 4) is 0 Å². The lowest BCUT2D eigenvalue weighted by Crippen LogP contribution is -1.99. The number of rotatable bonds is 3. The van der Waals surface area contributed by atoms with E-state index in [0.29, 0.717) is 12.0 Å². The summed E-state index contributed by atoms with van der Waals surface area (Å²) in [5.74, 6) is 0.00690. The number of hydrogen-bond donors (Lipinski definition) is 0. The predicted octanol–water partition coefficient (Wildman–Crippen LogP) is 1.63. The second-order valence-corrected chi connectivity index (χ2v) is 2.58. The summed E-state index contributed by atoms with van der Waals surface area (Å²) in [4.78, 5) is 21.3. The number of benzene rings is 1. The predicted molar refractivity (Wildman–Crippen MR) is 46.2 cm³/mol. The second-order valence-electron chi connectivity index (χ2n) is 2.58. The first kappa shape index (κ1) is 8.65. The van der Waals surface area contributed by atoms with Gasteiger partial charge in [0.1, 0.15) is 6.29 Å². The first-order chi connectivity index (χ1) is 5.75. The van der Waals surface area contributed by atoms with Crippen molar-refractivity contribution in [3.63, 3.8) is 0 Å². The molecule has 0 bridgehead atoms. The Hall–Kier alpha value is -1.44. The molecule has 0 radical (unpaired) electrons. The maximum absolute atomic E-state index is 11.0. The molecule has 0 saturated carbocycles. The van der Waals surface area contributed by atoms with E-state index in [1.165, 1.54) is 6.92 Å². The molecule has 2 nitrogen and oxygen atoms in total. The van der Waals surface area contributed by atoms with Gasteiger partial charge in [0.15, 0.2) is 5.78 Å². The SMILES string of the molecule is CC(=O)c1ccccc1CC=O. The van der Waals surface area contributed by atoms with Crippen LogP contribution in [0.1, 0.15) is 22.8 Å². The van der Waals surface area contributed by atoms with Crippen LogP contribution in [0.2, 0.25) is 0 Å². The van der Waals surface area contributed by atoms with E-state index in [4.69, 9.17) is 0 Å².